The lowest BCUT2D eigenvalue weighted by Gasteiger charge is -1.98. The van der Waals surface area contributed by atoms with Gasteiger partial charge in [-0.1, -0.05) is 0 Å². The van der Waals surface area contributed by atoms with Gasteiger partial charge in [0, 0.05) is 11.6 Å². The van der Waals surface area contributed by atoms with Crippen LogP contribution in [-0.2, 0) is 0 Å². The smallest absolute Gasteiger partial charge is 0.238 e. The summed E-state index contributed by atoms with van der Waals surface area (Å²) in [6.45, 7) is 1.58. The zero-order chi connectivity index (χ0) is 12.3. The fourth-order valence-corrected chi connectivity index (χ4v) is 2.41. The number of Topliss-reactive ketones (excluding diaryl/α,β-unsaturated/α-hetero) is 1. The summed E-state index contributed by atoms with van der Waals surface area (Å²) in [4.78, 5) is 12.3. The first-order valence-corrected chi connectivity index (χ1v) is 6.16. The Labute approximate surface area is 105 Å². The first-order valence-electron chi connectivity index (χ1n) is 5.28. The van der Waals surface area contributed by atoms with Crippen LogP contribution in [0.4, 0.5) is 0 Å². The molecule has 2 aromatic rings. The van der Waals surface area contributed by atoms with Gasteiger partial charge in [0.15, 0.2) is 5.78 Å². The average molecular weight is 245 g/mol. The number of carbonyl (C=O) groups is 1. The molecule has 0 fully saturated rings. The summed E-state index contributed by atoms with van der Waals surface area (Å²) in [5.74, 6) is 0.946. The molecule has 0 bridgehead atoms. The molecule has 0 radical (unpaired) electrons. The maximum absolute atomic E-state index is 11.2. The lowest BCUT2D eigenvalue weighted by atomic mass is 10.1. The Bertz CT molecular complexity index is 515. The van der Waals surface area contributed by atoms with Crippen molar-refractivity contribution in [3.8, 4) is 16.2 Å². The van der Waals surface area contributed by atoms with Crippen molar-refractivity contribution in [1.82, 2.24) is 0 Å². The lowest BCUT2D eigenvalue weighted by Crippen LogP contribution is -1.89. The Kier molecular flexibility index (Phi) is 3.49. The molecule has 0 spiro atoms. The molecule has 0 atom stereocenters. The molecule has 0 N–H and O–H groups in total. The number of hydrogen-bond acceptors (Lipinski definition) is 2. The van der Waals surface area contributed by atoms with Gasteiger partial charge in [0.2, 0.25) is 21.6 Å². The van der Waals surface area contributed by atoms with Crippen LogP contribution < -0.4 is 4.74 Å². The Hall–Kier alpha value is -1.74. The van der Waals surface area contributed by atoms with Gasteiger partial charge >= 0.3 is 0 Å². The molecule has 0 amide bonds. The van der Waals surface area contributed by atoms with Crippen LogP contribution >= 0.6 is 11.3 Å². The van der Waals surface area contributed by atoms with Gasteiger partial charge in [-0.25, -0.2) is 0 Å². The molecule has 1 heterocycles. The van der Waals surface area contributed by atoms with E-state index in [2.05, 4.69) is 0 Å². The number of rotatable bonds is 3. The SMILES string of the molecule is COc1ccc(-c2ccc(C(C)=O)c[s+]2)cc1. The third-order valence-electron chi connectivity index (χ3n) is 2.51. The number of benzene rings is 1. The molecule has 1 aromatic heterocycles. The van der Waals surface area contributed by atoms with Crippen molar-refractivity contribution in [3.05, 3.63) is 47.3 Å². The molecule has 3 heteroatoms. The van der Waals surface area contributed by atoms with Crippen molar-refractivity contribution < 1.29 is 9.53 Å². The molecular weight excluding hydrogens is 232 g/mol. The molecule has 2 nitrogen and oxygen atoms in total. The molecular formula is C14H13O2S+. The van der Waals surface area contributed by atoms with Gasteiger partial charge in [0.05, 0.1) is 12.7 Å². The second-order valence-corrected chi connectivity index (χ2v) is 4.58. The highest BCUT2D eigenvalue weighted by Crippen LogP contribution is 2.26. The van der Waals surface area contributed by atoms with Crippen LogP contribution in [0, 0.1) is 0 Å². The minimum absolute atomic E-state index is 0.0996. The summed E-state index contributed by atoms with van der Waals surface area (Å²) < 4.78 is 5.11. The zero-order valence-electron chi connectivity index (χ0n) is 9.77. The predicted octanol–water partition coefficient (Wildman–Crippen LogP) is 3.91. The number of methoxy groups -OCH3 is 1. The number of ether oxygens (including phenoxy) is 1. The van der Waals surface area contributed by atoms with Gasteiger partial charge in [-0.2, -0.15) is 0 Å². The van der Waals surface area contributed by atoms with Crippen LogP contribution in [0.5, 0.6) is 5.75 Å². The van der Waals surface area contributed by atoms with E-state index in [0.717, 1.165) is 21.8 Å². The summed E-state index contributed by atoms with van der Waals surface area (Å²) >= 11 is 1.57. The van der Waals surface area contributed by atoms with E-state index in [1.54, 1.807) is 25.4 Å². The Morgan fingerprint density at radius 3 is 2.29 bits per heavy atom. The molecule has 0 aliphatic carbocycles. The number of ketones is 1. The summed E-state index contributed by atoms with van der Waals surface area (Å²) in [6.07, 6.45) is 0. The maximum Gasteiger partial charge on any atom is 0.238 e. The predicted molar refractivity (Wildman–Crippen MR) is 70.7 cm³/mol. The van der Waals surface area contributed by atoms with Crippen molar-refractivity contribution in [1.29, 1.82) is 0 Å². The summed E-state index contributed by atoms with van der Waals surface area (Å²) in [7, 11) is 1.65. The monoisotopic (exact) mass is 245 g/mol. The first-order chi connectivity index (χ1) is 8.20. The maximum atomic E-state index is 11.2. The van der Waals surface area contributed by atoms with Crippen LogP contribution in [0.2, 0.25) is 0 Å². The van der Waals surface area contributed by atoms with Crippen molar-refractivity contribution in [3.63, 3.8) is 0 Å². The van der Waals surface area contributed by atoms with Gasteiger partial charge in [-0.3, -0.25) is 4.79 Å². The van der Waals surface area contributed by atoms with Crippen LogP contribution in [0.1, 0.15) is 17.3 Å². The molecule has 0 aliphatic heterocycles. The van der Waals surface area contributed by atoms with E-state index in [4.69, 9.17) is 4.74 Å². The normalized spacial score (nSPS) is 10.0. The molecule has 0 saturated heterocycles. The lowest BCUT2D eigenvalue weighted by molar-refractivity contribution is 0.101. The van der Waals surface area contributed by atoms with E-state index in [1.165, 1.54) is 0 Å². The van der Waals surface area contributed by atoms with E-state index < -0.39 is 0 Å². The topological polar surface area (TPSA) is 26.3 Å². The highest BCUT2D eigenvalue weighted by Gasteiger charge is 2.11. The van der Waals surface area contributed by atoms with Crippen LogP contribution in [0.15, 0.2) is 41.8 Å². The second-order valence-electron chi connectivity index (χ2n) is 3.67. The van der Waals surface area contributed by atoms with Gasteiger partial charge < -0.3 is 4.74 Å². The Morgan fingerprint density at radius 2 is 1.82 bits per heavy atom. The first kappa shape index (κ1) is 11.7. The zero-order valence-corrected chi connectivity index (χ0v) is 10.6. The van der Waals surface area contributed by atoms with Crippen molar-refractivity contribution in [2.75, 3.05) is 7.11 Å². The van der Waals surface area contributed by atoms with E-state index in [-0.39, 0.29) is 5.78 Å². The third-order valence-corrected chi connectivity index (χ3v) is 3.51. The van der Waals surface area contributed by atoms with Crippen LogP contribution in [-0.4, -0.2) is 12.9 Å². The van der Waals surface area contributed by atoms with Crippen LogP contribution in [0.25, 0.3) is 10.4 Å². The number of hydrogen-bond donors (Lipinski definition) is 0. The minimum Gasteiger partial charge on any atom is -0.497 e. The molecule has 17 heavy (non-hydrogen) atoms. The minimum atomic E-state index is 0.0996. The fraction of sp³-hybridized carbons (Fsp3) is 0.143. The van der Waals surface area contributed by atoms with E-state index >= 15 is 0 Å². The Morgan fingerprint density at radius 1 is 1.12 bits per heavy atom. The van der Waals surface area contributed by atoms with Crippen molar-refractivity contribution in [2.24, 2.45) is 0 Å². The van der Waals surface area contributed by atoms with Crippen molar-refractivity contribution >= 4 is 17.1 Å². The molecule has 86 valence electrons. The molecule has 2 rings (SSSR count). The second kappa shape index (κ2) is 5.06. The molecule has 0 unspecified atom stereocenters. The fourth-order valence-electron chi connectivity index (χ4n) is 1.49. The summed E-state index contributed by atoms with van der Waals surface area (Å²) in [6, 6.07) is 11.7. The largest absolute Gasteiger partial charge is 0.497 e. The van der Waals surface area contributed by atoms with E-state index in [1.807, 2.05) is 41.8 Å². The van der Waals surface area contributed by atoms with Gasteiger partial charge in [-0.05, 0) is 37.3 Å². The van der Waals surface area contributed by atoms with E-state index in [9.17, 15) is 4.79 Å². The molecule has 0 aliphatic rings. The van der Waals surface area contributed by atoms with E-state index in [0.29, 0.717) is 0 Å². The standard InChI is InChI=1S/C14H13O2S/c1-10(15)12-5-8-14(17-9-12)11-3-6-13(16-2)7-4-11/h3-9H,1-2H3/q+1. The van der Waals surface area contributed by atoms with Crippen LogP contribution in [0.3, 0.4) is 0 Å². The molecule has 1 aromatic carbocycles. The van der Waals surface area contributed by atoms with Gasteiger partial charge in [0.1, 0.15) is 5.75 Å². The number of carbonyl (C=O) groups excluding carboxylic acids is 1. The quantitative estimate of drug-likeness (QED) is 0.605. The molecule has 0 saturated carbocycles. The highest BCUT2D eigenvalue weighted by atomic mass is 32.1. The Balaban J connectivity index is 2.29. The average Bonchev–Trinajstić information content (AvgIpc) is 2.39. The summed E-state index contributed by atoms with van der Waals surface area (Å²) in [5, 5.41) is 1.89. The summed E-state index contributed by atoms with van der Waals surface area (Å²) in [5.41, 5.74) is 1.89. The highest BCUT2D eigenvalue weighted by molar-refractivity contribution is 7.13. The third kappa shape index (κ3) is 2.68. The van der Waals surface area contributed by atoms with Crippen molar-refractivity contribution in [2.45, 2.75) is 6.92 Å². The van der Waals surface area contributed by atoms with Gasteiger partial charge in [0.25, 0.3) is 0 Å². The van der Waals surface area contributed by atoms with Gasteiger partial charge in [-0.15, -0.1) is 0 Å².